The van der Waals surface area contributed by atoms with Gasteiger partial charge in [-0.25, -0.2) is 0 Å². The highest BCUT2D eigenvalue weighted by atomic mass is 32.2. The van der Waals surface area contributed by atoms with Gasteiger partial charge in [0.15, 0.2) is 11.5 Å². The van der Waals surface area contributed by atoms with Crippen LogP contribution in [0.3, 0.4) is 0 Å². The van der Waals surface area contributed by atoms with Crippen LogP contribution in [0, 0.1) is 0 Å². The molecule has 0 spiro atoms. The van der Waals surface area contributed by atoms with Crippen molar-refractivity contribution in [1.82, 2.24) is 13.5 Å². The van der Waals surface area contributed by atoms with Crippen molar-refractivity contribution in [2.45, 2.75) is 13.5 Å². The summed E-state index contributed by atoms with van der Waals surface area (Å²) in [4.78, 5) is 13.9. The number of carbonyl (C=O) groups is 1. The third-order valence-corrected chi connectivity index (χ3v) is 6.18. The van der Waals surface area contributed by atoms with E-state index >= 15 is 0 Å². The maximum absolute atomic E-state index is 12.5. The zero-order chi connectivity index (χ0) is 21.6. The van der Waals surface area contributed by atoms with Crippen LogP contribution in [0.25, 0.3) is 6.08 Å². The van der Waals surface area contributed by atoms with E-state index in [-0.39, 0.29) is 50.2 Å². The smallest absolute Gasteiger partial charge is 0.387 e. The highest BCUT2D eigenvalue weighted by Crippen LogP contribution is 2.30. The molecule has 1 heterocycles. The van der Waals surface area contributed by atoms with Gasteiger partial charge in [0, 0.05) is 46.4 Å². The fourth-order valence-electron chi connectivity index (χ4n) is 2.73. The summed E-state index contributed by atoms with van der Waals surface area (Å²) in [6.45, 7) is 0.0124. The monoisotopic (exact) mass is 433 g/mol. The van der Waals surface area contributed by atoms with Crippen LogP contribution in [0.15, 0.2) is 24.3 Å². The van der Waals surface area contributed by atoms with Crippen LogP contribution in [-0.2, 0) is 15.0 Å². The van der Waals surface area contributed by atoms with Gasteiger partial charge >= 0.3 is 6.61 Å². The molecule has 29 heavy (non-hydrogen) atoms. The molecule has 0 bridgehead atoms. The summed E-state index contributed by atoms with van der Waals surface area (Å²) in [5.41, 5.74) is 0.581. The minimum absolute atomic E-state index is 0.0800. The number of nitrogens with zero attached hydrogens (tertiary/aromatic N) is 3. The van der Waals surface area contributed by atoms with Gasteiger partial charge in [0.05, 0.1) is 6.61 Å². The van der Waals surface area contributed by atoms with Crippen LogP contribution < -0.4 is 9.47 Å². The number of hydrogen-bond donors (Lipinski definition) is 0. The molecule has 0 saturated carbocycles. The summed E-state index contributed by atoms with van der Waals surface area (Å²) in [5, 5.41) is 0. The van der Waals surface area contributed by atoms with Crippen LogP contribution in [0.4, 0.5) is 8.78 Å². The molecular formula is C18H25F2N3O5S. The Kier molecular flexibility index (Phi) is 7.94. The van der Waals surface area contributed by atoms with Crippen LogP contribution in [0.2, 0.25) is 0 Å². The van der Waals surface area contributed by atoms with E-state index in [1.54, 1.807) is 17.9 Å². The fourth-order valence-corrected chi connectivity index (χ4v) is 3.82. The fraction of sp³-hybridized carbons (Fsp3) is 0.500. The molecule has 2 rings (SSSR count). The molecule has 11 heteroatoms. The van der Waals surface area contributed by atoms with Gasteiger partial charge in [0.2, 0.25) is 5.91 Å². The number of alkyl halides is 2. The average Bonchev–Trinajstić information content (AvgIpc) is 2.67. The lowest BCUT2D eigenvalue weighted by Gasteiger charge is -2.34. The Labute approximate surface area is 169 Å². The molecule has 1 aromatic carbocycles. The Balaban J connectivity index is 2.01. The highest BCUT2D eigenvalue weighted by molar-refractivity contribution is 7.86. The van der Waals surface area contributed by atoms with Crippen molar-refractivity contribution in [3.63, 3.8) is 0 Å². The van der Waals surface area contributed by atoms with E-state index in [9.17, 15) is 22.0 Å². The first kappa shape index (κ1) is 23.0. The summed E-state index contributed by atoms with van der Waals surface area (Å²) in [6, 6.07) is 4.39. The van der Waals surface area contributed by atoms with Gasteiger partial charge in [0.1, 0.15) is 0 Å². The molecule has 0 radical (unpaired) electrons. The van der Waals surface area contributed by atoms with Gasteiger partial charge in [-0.05, 0) is 30.7 Å². The second-order valence-corrected chi connectivity index (χ2v) is 8.51. The van der Waals surface area contributed by atoms with Gasteiger partial charge in [-0.3, -0.25) is 4.79 Å². The van der Waals surface area contributed by atoms with E-state index in [4.69, 9.17) is 4.74 Å². The van der Waals surface area contributed by atoms with Crippen molar-refractivity contribution in [3.05, 3.63) is 29.8 Å². The number of carbonyl (C=O) groups excluding carboxylic acids is 1. The van der Waals surface area contributed by atoms with Crippen molar-refractivity contribution < 1.29 is 31.5 Å². The van der Waals surface area contributed by atoms with Crippen LogP contribution >= 0.6 is 0 Å². The molecule has 0 N–H and O–H groups in total. The number of rotatable bonds is 8. The van der Waals surface area contributed by atoms with Crippen molar-refractivity contribution in [1.29, 1.82) is 0 Å². The summed E-state index contributed by atoms with van der Waals surface area (Å²) in [7, 11) is -0.572. The molecule has 0 aromatic heterocycles. The van der Waals surface area contributed by atoms with Crippen LogP contribution in [0.5, 0.6) is 11.5 Å². The van der Waals surface area contributed by atoms with Gasteiger partial charge in [-0.2, -0.15) is 25.8 Å². The number of amides is 1. The summed E-state index contributed by atoms with van der Waals surface area (Å²) in [5.74, 6) is -0.189. The predicted octanol–water partition coefficient (Wildman–Crippen LogP) is 1.65. The van der Waals surface area contributed by atoms with E-state index in [0.29, 0.717) is 5.56 Å². The van der Waals surface area contributed by atoms with Crippen LogP contribution in [0.1, 0.15) is 12.5 Å². The number of halogens is 2. The van der Waals surface area contributed by atoms with E-state index < -0.39 is 16.8 Å². The van der Waals surface area contributed by atoms with Gasteiger partial charge < -0.3 is 14.4 Å². The van der Waals surface area contributed by atoms with E-state index in [0.717, 1.165) is 4.31 Å². The van der Waals surface area contributed by atoms with Crippen LogP contribution in [-0.4, -0.2) is 81.3 Å². The Morgan fingerprint density at radius 2 is 1.86 bits per heavy atom. The van der Waals surface area contributed by atoms with Crippen molar-refractivity contribution in [2.24, 2.45) is 0 Å². The normalized spacial score (nSPS) is 16.0. The minimum Gasteiger partial charge on any atom is -0.490 e. The van der Waals surface area contributed by atoms with Gasteiger partial charge in [-0.1, -0.05) is 6.07 Å². The molecule has 1 aliphatic heterocycles. The van der Waals surface area contributed by atoms with E-state index in [1.165, 1.54) is 42.7 Å². The first-order valence-corrected chi connectivity index (χ1v) is 10.4. The molecule has 1 amide bonds. The first-order valence-electron chi connectivity index (χ1n) is 9.01. The number of piperazine rings is 1. The summed E-state index contributed by atoms with van der Waals surface area (Å²) in [6.07, 6.45) is 2.90. The Morgan fingerprint density at radius 1 is 1.21 bits per heavy atom. The second-order valence-electron chi connectivity index (χ2n) is 6.37. The topological polar surface area (TPSA) is 79.4 Å². The van der Waals surface area contributed by atoms with Crippen molar-refractivity contribution >= 4 is 22.2 Å². The maximum Gasteiger partial charge on any atom is 0.387 e. The minimum atomic E-state index is -3.50. The van der Waals surface area contributed by atoms with Gasteiger partial charge in [0.25, 0.3) is 10.2 Å². The first-order chi connectivity index (χ1) is 13.6. The zero-order valence-electron chi connectivity index (χ0n) is 16.5. The lowest BCUT2D eigenvalue weighted by Crippen LogP contribution is -2.52. The molecule has 0 unspecified atom stereocenters. The van der Waals surface area contributed by atoms with Crippen molar-refractivity contribution in [3.8, 4) is 11.5 Å². The molecular weight excluding hydrogens is 408 g/mol. The summed E-state index contributed by atoms with van der Waals surface area (Å²) >= 11 is 0. The summed E-state index contributed by atoms with van der Waals surface area (Å²) < 4.78 is 61.4. The Hall–Kier alpha value is -2.24. The quantitative estimate of drug-likeness (QED) is 0.583. The lowest BCUT2D eigenvalue weighted by atomic mass is 10.2. The molecule has 162 valence electrons. The number of hydrogen-bond acceptors (Lipinski definition) is 5. The lowest BCUT2D eigenvalue weighted by molar-refractivity contribution is -0.127. The average molecular weight is 433 g/mol. The predicted molar refractivity (Wildman–Crippen MR) is 104 cm³/mol. The second kappa shape index (κ2) is 9.99. The number of benzene rings is 1. The standard InChI is InChI=1S/C18H25F2N3O5S/c1-4-27-16-13-14(5-7-15(16)28-18(19)20)6-8-17(24)22-9-11-23(12-10-22)29(25,26)21(2)3/h5-8,13,18H,4,9-12H2,1-3H3/b8-6+. The Bertz CT molecular complexity index is 838. The van der Waals surface area contributed by atoms with E-state index in [2.05, 4.69) is 4.74 Å². The molecule has 0 aliphatic carbocycles. The zero-order valence-corrected chi connectivity index (χ0v) is 17.4. The molecule has 8 nitrogen and oxygen atoms in total. The number of ether oxygens (including phenoxy) is 2. The SMILES string of the molecule is CCOc1cc(/C=C/C(=O)N2CCN(S(=O)(=O)N(C)C)CC2)ccc1OC(F)F. The molecule has 1 aromatic rings. The largest absolute Gasteiger partial charge is 0.490 e. The Morgan fingerprint density at radius 3 is 2.41 bits per heavy atom. The van der Waals surface area contributed by atoms with E-state index in [1.807, 2.05) is 0 Å². The van der Waals surface area contributed by atoms with Crippen molar-refractivity contribution in [2.75, 3.05) is 46.9 Å². The molecule has 1 aliphatic rings. The van der Waals surface area contributed by atoms with Gasteiger partial charge in [-0.15, -0.1) is 0 Å². The molecule has 0 atom stereocenters. The molecule has 1 fully saturated rings. The molecule has 1 saturated heterocycles. The highest BCUT2D eigenvalue weighted by Gasteiger charge is 2.29. The maximum atomic E-state index is 12.5. The third kappa shape index (κ3) is 6.12. The third-order valence-electron chi connectivity index (χ3n) is 4.24.